The third-order valence-corrected chi connectivity index (χ3v) is 2.61. The Morgan fingerprint density at radius 3 is 2.59 bits per heavy atom. The standard InChI is InChI=1S/C14H19NO2/c1-4-12-7-5-6-8-13(12)10-14(15(16)17)9-11(2)3/h5-8,10-11H,4,9H2,1-3H3. The lowest BCUT2D eigenvalue weighted by atomic mass is 10.0. The van der Waals surface area contributed by atoms with Crippen molar-refractivity contribution in [1.29, 1.82) is 0 Å². The summed E-state index contributed by atoms with van der Waals surface area (Å²) < 4.78 is 0. The zero-order valence-electron chi connectivity index (χ0n) is 10.6. The molecule has 0 N–H and O–H groups in total. The van der Waals surface area contributed by atoms with Gasteiger partial charge >= 0.3 is 0 Å². The summed E-state index contributed by atoms with van der Waals surface area (Å²) in [5.41, 5.74) is 2.40. The predicted octanol–water partition coefficient (Wildman–Crippen LogP) is 3.91. The fourth-order valence-corrected chi connectivity index (χ4v) is 1.78. The van der Waals surface area contributed by atoms with Gasteiger partial charge in [0, 0.05) is 12.5 Å². The summed E-state index contributed by atoms with van der Waals surface area (Å²) in [5, 5.41) is 11.0. The van der Waals surface area contributed by atoms with Gasteiger partial charge in [0.15, 0.2) is 0 Å². The van der Waals surface area contributed by atoms with Gasteiger partial charge in [-0.15, -0.1) is 0 Å². The molecule has 0 unspecified atom stereocenters. The van der Waals surface area contributed by atoms with Crippen LogP contribution in [0.15, 0.2) is 30.0 Å². The van der Waals surface area contributed by atoms with Gasteiger partial charge in [-0.05, 0) is 23.5 Å². The molecule has 0 radical (unpaired) electrons. The number of nitro groups is 1. The van der Waals surface area contributed by atoms with E-state index in [0.29, 0.717) is 18.0 Å². The summed E-state index contributed by atoms with van der Waals surface area (Å²) in [6, 6.07) is 7.82. The molecule has 0 heterocycles. The van der Waals surface area contributed by atoms with Crippen LogP contribution in [0.2, 0.25) is 0 Å². The first-order valence-corrected chi connectivity index (χ1v) is 5.97. The Morgan fingerprint density at radius 1 is 1.41 bits per heavy atom. The highest BCUT2D eigenvalue weighted by atomic mass is 16.6. The van der Waals surface area contributed by atoms with Crippen molar-refractivity contribution in [2.45, 2.75) is 33.6 Å². The van der Waals surface area contributed by atoms with Crippen LogP contribution in [0.25, 0.3) is 6.08 Å². The van der Waals surface area contributed by atoms with Crippen LogP contribution < -0.4 is 0 Å². The van der Waals surface area contributed by atoms with E-state index >= 15 is 0 Å². The Kier molecular flexibility index (Phi) is 4.88. The van der Waals surface area contributed by atoms with Crippen LogP contribution in [0.1, 0.15) is 38.3 Å². The highest BCUT2D eigenvalue weighted by molar-refractivity contribution is 5.55. The first kappa shape index (κ1) is 13.4. The Balaban J connectivity index is 3.08. The van der Waals surface area contributed by atoms with E-state index in [0.717, 1.165) is 17.5 Å². The highest BCUT2D eigenvalue weighted by Crippen LogP contribution is 2.18. The zero-order chi connectivity index (χ0) is 12.8. The number of nitrogens with zero attached hydrogens (tertiary/aromatic N) is 1. The van der Waals surface area contributed by atoms with E-state index in [-0.39, 0.29) is 4.92 Å². The molecule has 0 amide bonds. The summed E-state index contributed by atoms with van der Waals surface area (Å²) in [7, 11) is 0. The van der Waals surface area contributed by atoms with Gasteiger partial charge < -0.3 is 0 Å². The predicted molar refractivity (Wildman–Crippen MR) is 70.2 cm³/mol. The maximum Gasteiger partial charge on any atom is 0.247 e. The van der Waals surface area contributed by atoms with Gasteiger partial charge in [0.2, 0.25) is 5.70 Å². The average Bonchev–Trinajstić information content (AvgIpc) is 2.28. The number of aryl methyl sites for hydroxylation is 1. The fraction of sp³-hybridized carbons (Fsp3) is 0.429. The van der Waals surface area contributed by atoms with E-state index in [1.54, 1.807) is 6.08 Å². The third kappa shape index (κ3) is 4.02. The number of hydrogen-bond acceptors (Lipinski definition) is 2. The molecule has 0 atom stereocenters. The number of rotatable bonds is 5. The zero-order valence-corrected chi connectivity index (χ0v) is 10.6. The average molecular weight is 233 g/mol. The minimum Gasteiger partial charge on any atom is -0.259 e. The lowest BCUT2D eigenvalue weighted by Gasteiger charge is -2.05. The Labute approximate surface area is 102 Å². The quantitative estimate of drug-likeness (QED) is 0.571. The summed E-state index contributed by atoms with van der Waals surface area (Å²) >= 11 is 0. The van der Waals surface area contributed by atoms with E-state index in [1.807, 2.05) is 38.1 Å². The molecule has 3 nitrogen and oxygen atoms in total. The molecular formula is C14H19NO2. The van der Waals surface area contributed by atoms with E-state index in [2.05, 4.69) is 6.92 Å². The molecule has 0 aliphatic carbocycles. The molecule has 92 valence electrons. The van der Waals surface area contributed by atoms with Crippen LogP contribution in [-0.4, -0.2) is 4.92 Å². The van der Waals surface area contributed by atoms with Gasteiger partial charge in [-0.1, -0.05) is 45.0 Å². The van der Waals surface area contributed by atoms with Crippen molar-refractivity contribution in [3.8, 4) is 0 Å². The minimum atomic E-state index is -0.271. The maximum atomic E-state index is 11.0. The number of allylic oxidation sites excluding steroid dienone is 1. The van der Waals surface area contributed by atoms with Crippen LogP contribution in [0.3, 0.4) is 0 Å². The molecule has 0 aliphatic heterocycles. The molecule has 0 aliphatic rings. The maximum absolute atomic E-state index is 11.0. The Bertz CT molecular complexity index is 422. The van der Waals surface area contributed by atoms with Crippen molar-refractivity contribution in [3.05, 3.63) is 51.2 Å². The van der Waals surface area contributed by atoms with Gasteiger partial charge in [-0.2, -0.15) is 0 Å². The van der Waals surface area contributed by atoms with E-state index < -0.39 is 0 Å². The molecule has 1 rings (SSSR count). The van der Waals surface area contributed by atoms with Crippen LogP contribution >= 0.6 is 0 Å². The van der Waals surface area contributed by atoms with Crippen LogP contribution in [0.4, 0.5) is 0 Å². The number of benzene rings is 1. The van der Waals surface area contributed by atoms with Crippen molar-refractivity contribution in [1.82, 2.24) is 0 Å². The van der Waals surface area contributed by atoms with Gasteiger partial charge in [0.25, 0.3) is 0 Å². The lowest BCUT2D eigenvalue weighted by Crippen LogP contribution is -2.03. The molecule has 0 spiro atoms. The summed E-state index contributed by atoms with van der Waals surface area (Å²) in [6.07, 6.45) is 3.10. The molecular weight excluding hydrogens is 214 g/mol. The molecule has 3 heteroatoms. The summed E-state index contributed by atoms with van der Waals surface area (Å²) in [5.74, 6) is 0.292. The second kappa shape index (κ2) is 6.18. The normalized spacial score (nSPS) is 11.9. The van der Waals surface area contributed by atoms with E-state index in [9.17, 15) is 10.1 Å². The monoisotopic (exact) mass is 233 g/mol. The molecule has 1 aromatic carbocycles. The van der Waals surface area contributed by atoms with Crippen LogP contribution in [0.5, 0.6) is 0 Å². The van der Waals surface area contributed by atoms with Crippen molar-refractivity contribution >= 4 is 6.08 Å². The van der Waals surface area contributed by atoms with Crippen molar-refractivity contribution in [3.63, 3.8) is 0 Å². The molecule has 0 bridgehead atoms. The second-order valence-electron chi connectivity index (χ2n) is 4.54. The Morgan fingerprint density at radius 2 is 2.06 bits per heavy atom. The lowest BCUT2D eigenvalue weighted by molar-refractivity contribution is -0.427. The SMILES string of the molecule is CCc1ccccc1C=C(CC(C)C)[N+](=O)[O-]. The largest absolute Gasteiger partial charge is 0.259 e. The van der Waals surface area contributed by atoms with Crippen LogP contribution in [-0.2, 0) is 6.42 Å². The highest BCUT2D eigenvalue weighted by Gasteiger charge is 2.13. The topological polar surface area (TPSA) is 43.1 Å². The molecule has 0 aromatic heterocycles. The van der Waals surface area contributed by atoms with Crippen molar-refractivity contribution in [2.24, 2.45) is 5.92 Å². The molecule has 17 heavy (non-hydrogen) atoms. The number of hydrogen-bond donors (Lipinski definition) is 0. The van der Waals surface area contributed by atoms with E-state index in [1.165, 1.54) is 0 Å². The van der Waals surface area contributed by atoms with Gasteiger partial charge in [0.1, 0.15) is 0 Å². The summed E-state index contributed by atoms with van der Waals surface area (Å²) in [6.45, 7) is 6.03. The van der Waals surface area contributed by atoms with Gasteiger partial charge in [-0.3, -0.25) is 10.1 Å². The van der Waals surface area contributed by atoms with Crippen LogP contribution in [0, 0.1) is 16.0 Å². The Hall–Kier alpha value is -1.64. The van der Waals surface area contributed by atoms with Crippen molar-refractivity contribution in [2.75, 3.05) is 0 Å². The van der Waals surface area contributed by atoms with E-state index in [4.69, 9.17) is 0 Å². The molecule has 1 aromatic rings. The minimum absolute atomic E-state index is 0.271. The smallest absolute Gasteiger partial charge is 0.247 e. The first-order valence-electron chi connectivity index (χ1n) is 5.97. The van der Waals surface area contributed by atoms with Gasteiger partial charge in [0.05, 0.1) is 4.92 Å². The second-order valence-corrected chi connectivity index (χ2v) is 4.54. The molecule has 0 saturated heterocycles. The molecule has 0 fully saturated rings. The summed E-state index contributed by atoms with van der Waals surface area (Å²) in [4.78, 5) is 10.7. The van der Waals surface area contributed by atoms with Crippen molar-refractivity contribution < 1.29 is 4.92 Å². The third-order valence-electron chi connectivity index (χ3n) is 2.61. The first-order chi connectivity index (χ1) is 8.04. The van der Waals surface area contributed by atoms with Gasteiger partial charge in [-0.25, -0.2) is 0 Å². The molecule has 0 saturated carbocycles. The fourth-order valence-electron chi connectivity index (χ4n) is 1.78.